The third-order valence-corrected chi connectivity index (χ3v) is 5.69. The molecule has 1 heterocycles. The van der Waals surface area contributed by atoms with Gasteiger partial charge in [-0.15, -0.1) is 0 Å². The molecule has 0 saturated carbocycles. The summed E-state index contributed by atoms with van der Waals surface area (Å²) in [6.45, 7) is -0.553. The number of carbonyl (C=O) groups is 1. The summed E-state index contributed by atoms with van der Waals surface area (Å²) in [4.78, 5) is 16.2. The van der Waals surface area contributed by atoms with Crippen LogP contribution in [-0.2, 0) is 14.8 Å². The first-order valence-electron chi connectivity index (χ1n) is 7.84. The average molecular weight is 391 g/mol. The monoisotopic (exact) mass is 391 g/mol. The summed E-state index contributed by atoms with van der Waals surface area (Å²) in [5.74, 6) is -2.50. The van der Waals surface area contributed by atoms with Crippen molar-refractivity contribution in [2.45, 2.75) is 4.90 Å². The van der Waals surface area contributed by atoms with Gasteiger partial charge in [-0.3, -0.25) is 9.78 Å². The van der Waals surface area contributed by atoms with Crippen LogP contribution in [0.4, 0.5) is 14.5 Å². The third kappa shape index (κ3) is 3.93. The van der Waals surface area contributed by atoms with E-state index in [4.69, 9.17) is 0 Å². The number of anilines is 1. The molecule has 0 spiro atoms. The molecular formula is C18H15F2N3O3S. The minimum absolute atomic E-state index is 0.0381. The Morgan fingerprint density at radius 1 is 1.15 bits per heavy atom. The Hall–Kier alpha value is -2.91. The summed E-state index contributed by atoms with van der Waals surface area (Å²) in [6, 6.07) is 10.8. The quantitative estimate of drug-likeness (QED) is 0.725. The molecule has 2 aromatic carbocycles. The van der Waals surface area contributed by atoms with Gasteiger partial charge in [-0.25, -0.2) is 17.2 Å². The fourth-order valence-corrected chi connectivity index (χ4v) is 3.81. The van der Waals surface area contributed by atoms with E-state index in [9.17, 15) is 22.0 Å². The van der Waals surface area contributed by atoms with Crippen LogP contribution in [0.1, 0.15) is 0 Å². The van der Waals surface area contributed by atoms with Crippen molar-refractivity contribution in [2.75, 3.05) is 18.9 Å². The first-order chi connectivity index (χ1) is 12.8. The molecule has 0 unspecified atom stereocenters. The number of rotatable bonds is 5. The molecule has 0 saturated heterocycles. The predicted octanol–water partition coefficient (Wildman–Crippen LogP) is 2.77. The minimum atomic E-state index is -4.01. The molecule has 0 bridgehead atoms. The van der Waals surface area contributed by atoms with Crippen LogP contribution in [0.2, 0.25) is 0 Å². The van der Waals surface area contributed by atoms with Gasteiger partial charge in [-0.05, 0) is 24.3 Å². The van der Waals surface area contributed by atoms with E-state index in [1.54, 1.807) is 24.3 Å². The van der Waals surface area contributed by atoms with Crippen LogP contribution in [0, 0.1) is 11.6 Å². The number of hydrogen-bond acceptors (Lipinski definition) is 4. The standard InChI is InChI=1S/C18H15F2N3O3S/c1-23(11-17(24)22-15-8-7-13(19)10-14(15)20)27(25,26)16-6-2-4-12-5-3-9-21-18(12)16/h2-10H,11H2,1H3,(H,22,24). The molecule has 0 aliphatic heterocycles. The number of carbonyl (C=O) groups excluding carboxylic acids is 1. The van der Waals surface area contributed by atoms with Gasteiger partial charge in [0.25, 0.3) is 0 Å². The van der Waals surface area contributed by atoms with E-state index in [0.717, 1.165) is 16.4 Å². The number of aromatic nitrogens is 1. The van der Waals surface area contributed by atoms with Crippen LogP contribution in [0.3, 0.4) is 0 Å². The molecule has 9 heteroatoms. The molecule has 1 aromatic heterocycles. The molecule has 27 heavy (non-hydrogen) atoms. The average Bonchev–Trinajstić information content (AvgIpc) is 2.63. The largest absolute Gasteiger partial charge is 0.322 e. The number of benzene rings is 2. The van der Waals surface area contributed by atoms with Crippen LogP contribution < -0.4 is 5.32 Å². The van der Waals surface area contributed by atoms with Crippen molar-refractivity contribution in [3.05, 3.63) is 66.4 Å². The second-order valence-corrected chi connectivity index (χ2v) is 7.78. The van der Waals surface area contributed by atoms with E-state index in [-0.39, 0.29) is 16.1 Å². The number of likely N-dealkylation sites (N-methyl/N-ethyl adjacent to an activating group) is 1. The third-order valence-electron chi connectivity index (χ3n) is 3.86. The Kier molecular flexibility index (Phi) is 5.15. The molecule has 0 fully saturated rings. The normalized spacial score (nSPS) is 11.7. The highest BCUT2D eigenvalue weighted by Crippen LogP contribution is 2.23. The predicted molar refractivity (Wildman–Crippen MR) is 96.5 cm³/mol. The summed E-state index contributed by atoms with van der Waals surface area (Å²) in [7, 11) is -2.78. The minimum Gasteiger partial charge on any atom is -0.322 e. The zero-order valence-corrected chi connectivity index (χ0v) is 15.0. The van der Waals surface area contributed by atoms with Gasteiger partial charge in [0.05, 0.1) is 17.7 Å². The first kappa shape index (κ1) is 18.9. The van der Waals surface area contributed by atoms with Gasteiger partial charge in [0, 0.05) is 24.7 Å². The van der Waals surface area contributed by atoms with Gasteiger partial charge in [0.1, 0.15) is 16.5 Å². The molecule has 0 aliphatic rings. The topological polar surface area (TPSA) is 79.4 Å². The lowest BCUT2D eigenvalue weighted by molar-refractivity contribution is -0.116. The van der Waals surface area contributed by atoms with E-state index in [1.807, 2.05) is 0 Å². The number of para-hydroxylation sites is 1. The Morgan fingerprint density at radius 2 is 1.89 bits per heavy atom. The molecule has 1 amide bonds. The molecule has 0 radical (unpaired) electrons. The van der Waals surface area contributed by atoms with E-state index < -0.39 is 34.1 Å². The molecule has 3 aromatic rings. The molecular weight excluding hydrogens is 376 g/mol. The van der Waals surface area contributed by atoms with Crippen LogP contribution in [0.15, 0.2) is 59.6 Å². The number of nitrogens with one attached hydrogen (secondary N) is 1. The molecule has 0 atom stereocenters. The Bertz CT molecular complexity index is 1110. The summed E-state index contributed by atoms with van der Waals surface area (Å²) in [5.41, 5.74) is 0.0517. The smallest absolute Gasteiger partial charge is 0.245 e. The molecule has 1 N–H and O–H groups in total. The number of pyridine rings is 1. The van der Waals surface area contributed by atoms with Gasteiger partial charge < -0.3 is 5.32 Å². The number of halogens is 2. The molecule has 3 rings (SSSR count). The van der Waals surface area contributed by atoms with E-state index in [0.29, 0.717) is 11.5 Å². The maximum Gasteiger partial charge on any atom is 0.245 e. The number of amides is 1. The molecule has 6 nitrogen and oxygen atoms in total. The lowest BCUT2D eigenvalue weighted by atomic mass is 10.2. The number of hydrogen-bond donors (Lipinski definition) is 1. The van der Waals surface area contributed by atoms with Crippen molar-refractivity contribution < 1.29 is 22.0 Å². The van der Waals surface area contributed by atoms with Crippen LogP contribution >= 0.6 is 0 Å². The Balaban J connectivity index is 1.82. The van der Waals surface area contributed by atoms with Crippen molar-refractivity contribution in [1.82, 2.24) is 9.29 Å². The highest BCUT2D eigenvalue weighted by molar-refractivity contribution is 7.89. The number of sulfonamides is 1. The van der Waals surface area contributed by atoms with E-state index >= 15 is 0 Å². The fraction of sp³-hybridized carbons (Fsp3) is 0.111. The lowest BCUT2D eigenvalue weighted by Gasteiger charge is -2.18. The van der Waals surface area contributed by atoms with Gasteiger partial charge in [0.15, 0.2) is 0 Å². The number of nitrogens with zero attached hydrogens (tertiary/aromatic N) is 2. The van der Waals surface area contributed by atoms with Gasteiger partial charge in [-0.2, -0.15) is 4.31 Å². The molecule has 140 valence electrons. The highest BCUT2D eigenvalue weighted by Gasteiger charge is 2.25. The zero-order valence-electron chi connectivity index (χ0n) is 14.2. The van der Waals surface area contributed by atoms with Crippen molar-refractivity contribution in [3.63, 3.8) is 0 Å². The summed E-state index contributed by atoms with van der Waals surface area (Å²) >= 11 is 0. The second kappa shape index (κ2) is 7.37. The maximum atomic E-state index is 13.6. The fourth-order valence-electron chi connectivity index (χ4n) is 2.52. The SMILES string of the molecule is CN(CC(=O)Nc1ccc(F)cc1F)S(=O)(=O)c1cccc2cccnc12. The molecule has 0 aliphatic carbocycles. The van der Waals surface area contributed by atoms with E-state index in [1.165, 1.54) is 19.3 Å². The Morgan fingerprint density at radius 3 is 2.63 bits per heavy atom. The van der Waals surface area contributed by atoms with Crippen LogP contribution in [-0.4, -0.2) is 37.2 Å². The summed E-state index contributed by atoms with van der Waals surface area (Å²) in [5, 5.41) is 2.87. The Labute approximate surface area is 154 Å². The van der Waals surface area contributed by atoms with Crippen molar-refractivity contribution in [1.29, 1.82) is 0 Å². The highest BCUT2D eigenvalue weighted by atomic mass is 32.2. The van der Waals surface area contributed by atoms with Crippen LogP contribution in [0.25, 0.3) is 10.9 Å². The lowest BCUT2D eigenvalue weighted by Crippen LogP contribution is -2.35. The summed E-state index contributed by atoms with van der Waals surface area (Å²) in [6.07, 6.45) is 1.48. The van der Waals surface area contributed by atoms with Gasteiger partial charge in [-0.1, -0.05) is 18.2 Å². The maximum absolute atomic E-state index is 13.6. The van der Waals surface area contributed by atoms with Crippen LogP contribution in [0.5, 0.6) is 0 Å². The van der Waals surface area contributed by atoms with Gasteiger partial charge in [0.2, 0.25) is 15.9 Å². The number of fused-ring (bicyclic) bond motifs is 1. The van der Waals surface area contributed by atoms with E-state index in [2.05, 4.69) is 10.3 Å². The second-order valence-electron chi connectivity index (χ2n) is 5.76. The summed E-state index contributed by atoms with van der Waals surface area (Å²) < 4.78 is 53.0. The van der Waals surface area contributed by atoms with Crippen molar-refractivity contribution in [3.8, 4) is 0 Å². The van der Waals surface area contributed by atoms with Crippen molar-refractivity contribution in [2.24, 2.45) is 0 Å². The zero-order chi connectivity index (χ0) is 19.6. The first-order valence-corrected chi connectivity index (χ1v) is 9.28. The van der Waals surface area contributed by atoms with Crippen molar-refractivity contribution >= 4 is 32.5 Å². The van der Waals surface area contributed by atoms with Gasteiger partial charge >= 0.3 is 0 Å².